The molecule has 27 heavy (non-hydrogen) atoms. The summed E-state index contributed by atoms with van der Waals surface area (Å²) in [5.74, 6) is 0.251. The first-order valence-corrected chi connectivity index (χ1v) is 9.10. The van der Waals surface area contributed by atoms with Crippen molar-refractivity contribution in [2.75, 3.05) is 26.2 Å². The van der Waals surface area contributed by atoms with Gasteiger partial charge in [0, 0.05) is 45.1 Å². The van der Waals surface area contributed by atoms with Crippen LogP contribution in [0.4, 0.5) is 4.39 Å². The molecule has 3 rings (SSSR count). The molecule has 1 fully saturated rings. The van der Waals surface area contributed by atoms with Gasteiger partial charge in [-0.15, -0.1) is 10.2 Å². The lowest BCUT2D eigenvalue weighted by atomic mass is 10.2. The van der Waals surface area contributed by atoms with Gasteiger partial charge in [-0.25, -0.2) is 4.39 Å². The molecule has 0 atom stereocenters. The Morgan fingerprint density at radius 1 is 1.07 bits per heavy atom. The van der Waals surface area contributed by atoms with Gasteiger partial charge in [0.2, 0.25) is 17.6 Å². The minimum Gasteiger partial charge on any atom is -0.341 e. The number of hydrogen-bond donors (Lipinski definition) is 0. The van der Waals surface area contributed by atoms with Crippen molar-refractivity contribution in [2.45, 2.75) is 32.7 Å². The maximum absolute atomic E-state index is 13.0. The first-order chi connectivity index (χ1) is 13.0. The van der Waals surface area contributed by atoms with Crippen LogP contribution in [0.1, 0.15) is 26.2 Å². The monoisotopic (exact) mass is 374 g/mol. The lowest BCUT2D eigenvalue weighted by Gasteiger charge is -2.21. The van der Waals surface area contributed by atoms with Crippen molar-refractivity contribution in [1.29, 1.82) is 0 Å². The number of aromatic nitrogens is 4. The van der Waals surface area contributed by atoms with Crippen molar-refractivity contribution in [1.82, 2.24) is 30.0 Å². The molecule has 2 heterocycles. The van der Waals surface area contributed by atoms with Gasteiger partial charge in [0.05, 0.1) is 6.54 Å². The van der Waals surface area contributed by atoms with Gasteiger partial charge in [-0.05, 0) is 42.3 Å². The highest BCUT2D eigenvalue weighted by atomic mass is 19.1. The van der Waals surface area contributed by atoms with Gasteiger partial charge in [0.25, 0.3) is 0 Å². The summed E-state index contributed by atoms with van der Waals surface area (Å²) in [5, 5.41) is 12.2. The number of carbonyl (C=O) groups is 2. The lowest BCUT2D eigenvalue weighted by Crippen LogP contribution is -2.36. The van der Waals surface area contributed by atoms with Crippen LogP contribution in [-0.4, -0.2) is 68.0 Å². The minimum atomic E-state index is -0.315. The molecule has 0 aliphatic carbocycles. The zero-order chi connectivity index (χ0) is 19.2. The van der Waals surface area contributed by atoms with E-state index in [1.54, 1.807) is 24.0 Å². The molecule has 1 saturated heterocycles. The van der Waals surface area contributed by atoms with Crippen LogP contribution in [0, 0.1) is 5.82 Å². The van der Waals surface area contributed by atoms with Gasteiger partial charge in [-0.3, -0.25) is 9.59 Å². The van der Waals surface area contributed by atoms with E-state index in [1.807, 2.05) is 4.90 Å². The molecule has 0 unspecified atom stereocenters. The minimum absolute atomic E-state index is 0.0542. The molecule has 8 nitrogen and oxygen atoms in total. The van der Waals surface area contributed by atoms with Crippen molar-refractivity contribution in [3.63, 3.8) is 0 Å². The van der Waals surface area contributed by atoms with Crippen molar-refractivity contribution < 1.29 is 14.0 Å². The van der Waals surface area contributed by atoms with Crippen molar-refractivity contribution in [3.8, 4) is 11.4 Å². The summed E-state index contributed by atoms with van der Waals surface area (Å²) in [5.41, 5.74) is 0.693. The molecular weight excluding hydrogens is 351 g/mol. The maximum Gasteiger partial charge on any atom is 0.222 e. The first kappa shape index (κ1) is 18.9. The van der Waals surface area contributed by atoms with Gasteiger partial charge in [-0.2, -0.15) is 4.80 Å². The van der Waals surface area contributed by atoms with E-state index in [9.17, 15) is 14.0 Å². The fourth-order valence-corrected chi connectivity index (χ4v) is 3.06. The third-order valence-corrected chi connectivity index (χ3v) is 4.60. The Balaban J connectivity index is 1.46. The largest absolute Gasteiger partial charge is 0.341 e. The molecule has 0 spiro atoms. The van der Waals surface area contributed by atoms with Gasteiger partial charge >= 0.3 is 0 Å². The zero-order valence-electron chi connectivity index (χ0n) is 15.3. The quantitative estimate of drug-likeness (QED) is 0.789. The van der Waals surface area contributed by atoms with Crippen molar-refractivity contribution in [2.24, 2.45) is 0 Å². The van der Waals surface area contributed by atoms with Crippen molar-refractivity contribution in [3.05, 3.63) is 30.1 Å². The molecule has 2 amide bonds. The standard InChI is InChI=1S/C18H23FN6O2/c1-14(26)23-9-3-10-24(13-12-23)17(27)4-2-11-25-21-18(20-22-25)15-5-7-16(19)8-6-15/h5-8H,2-4,9-13H2,1H3. The van der Waals surface area contributed by atoms with Crippen LogP contribution in [0.15, 0.2) is 24.3 Å². The third kappa shape index (κ3) is 5.08. The van der Waals surface area contributed by atoms with Gasteiger partial charge in [0.15, 0.2) is 0 Å². The molecule has 0 saturated carbocycles. The number of aryl methyl sites for hydroxylation is 1. The van der Waals surface area contributed by atoms with E-state index in [1.165, 1.54) is 16.9 Å². The van der Waals surface area contributed by atoms with Crippen LogP contribution in [0.5, 0.6) is 0 Å². The Bertz CT molecular complexity index is 791. The smallest absolute Gasteiger partial charge is 0.222 e. The Kier molecular flexibility index (Phi) is 6.10. The second kappa shape index (κ2) is 8.70. The molecule has 1 aliphatic rings. The van der Waals surface area contributed by atoms with Crippen LogP contribution >= 0.6 is 0 Å². The first-order valence-electron chi connectivity index (χ1n) is 9.10. The topological polar surface area (TPSA) is 84.2 Å². The van der Waals surface area contributed by atoms with E-state index >= 15 is 0 Å². The van der Waals surface area contributed by atoms with E-state index in [2.05, 4.69) is 15.4 Å². The highest BCUT2D eigenvalue weighted by Gasteiger charge is 2.20. The number of tetrazole rings is 1. The predicted molar refractivity (Wildman–Crippen MR) is 95.9 cm³/mol. The van der Waals surface area contributed by atoms with Crippen LogP contribution in [0.2, 0.25) is 0 Å². The second-order valence-corrected chi connectivity index (χ2v) is 6.56. The molecule has 1 aliphatic heterocycles. The lowest BCUT2D eigenvalue weighted by molar-refractivity contribution is -0.132. The highest BCUT2D eigenvalue weighted by molar-refractivity contribution is 5.76. The number of halogens is 1. The number of rotatable bonds is 5. The average Bonchev–Trinajstić information content (AvgIpc) is 2.97. The predicted octanol–water partition coefficient (Wildman–Crippen LogP) is 1.34. The summed E-state index contributed by atoms with van der Waals surface area (Å²) in [7, 11) is 0. The number of benzene rings is 1. The van der Waals surface area contributed by atoms with Crippen LogP contribution < -0.4 is 0 Å². The van der Waals surface area contributed by atoms with E-state index in [-0.39, 0.29) is 17.6 Å². The van der Waals surface area contributed by atoms with E-state index in [4.69, 9.17) is 0 Å². The number of carbonyl (C=O) groups excluding carboxylic acids is 2. The average molecular weight is 374 g/mol. The second-order valence-electron chi connectivity index (χ2n) is 6.56. The Hall–Kier alpha value is -2.84. The van der Waals surface area contributed by atoms with Crippen molar-refractivity contribution >= 4 is 11.8 Å². The zero-order valence-corrected chi connectivity index (χ0v) is 15.3. The molecule has 0 N–H and O–H groups in total. The van der Waals surface area contributed by atoms with Gasteiger partial charge in [-0.1, -0.05) is 0 Å². The normalized spacial score (nSPS) is 14.9. The summed E-state index contributed by atoms with van der Waals surface area (Å²) < 4.78 is 13.0. The van der Waals surface area contributed by atoms with E-state index in [0.717, 1.165) is 6.42 Å². The Morgan fingerprint density at radius 2 is 1.78 bits per heavy atom. The number of nitrogens with zero attached hydrogens (tertiary/aromatic N) is 6. The van der Waals surface area contributed by atoms with E-state index < -0.39 is 0 Å². The summed E-state index contributed by atoms with van der Waals surface area (Å²) in [6.45, 7) is 4.59. The molecule has 1 aromatic heterocycles. The molecule has 1 aromatic carbocycles. The Labute approximate surface area is 156 Å². The van der Waals surface area contributed by atoms with E-state index in [0.29, 0.717) is 57.0 Å². The van der Waals surface area contributed by atoms with Crippen LogP contribution in [-0.2, 0) is 16.1 Å². The van der Waals surface area contributed by atoms with Gasteiger partial charge in [0.1, 0.15) is 5.82 Å². The molecule has 9 heteroatoms. The Morgan fingerprint density at radius 3 is 2.52 bits per heavy atom. The number of hydrogen-bond acceptors (Lipinski definition) is 5. The summed E-state index contributed by atoms with van der Waals surface area (Å²) >= 11 is 0. The fraction of sp³-hybridized carbons (Fsp3) is 0.500. The van der Waals surface area contributed by atoms with Crippen LogP contribution in [0.3, 0.4) is 0 Å². The number of amides is 2. The molecule has 2 aromatic rings. The SMILES string of the molecule is CC(=O)N1CCCN(C(=O)CCCn2nnc(-c3ccc(F)cc3)n2)CC1. The molecular formula is C18H23FN6O2. The summed E-state index contributed by atoms with van der Waals surface area (Å²) in [4.78, 5) is 28.9. The molecule has 0 radical (unpaired) electrons. The van der Waals surface area contributed by atoms with Gasteiger partial charge < -0.3 is 9.80 Å². The molecule has 144 valence electrons. The highest BCUT2D eigenvalue weighted by Crippen LogP contribution is 2.14. The summed E-state index contributed by atoms with van der Waals surface area (Å²) in [6.07, 6.45) is 1.80. The molecule has 0 bridgehead atoms. The van der Waals surface area contributed by atoms with Crippen LogP contribution in [0.25, 0.3) is 11.4 Å². The maximum atomic E-state index is 13.0. The summed E-state index contributed by atoms with van der Waals surface area (Å²) in [6, 6.07) is 5.90. The fourth-order valence-electron chi connectivity index (χ4n) is 3.06. The third-order valence-electron chi connectivity index (χ3n) is 4.60.